The van der Waals surface area contributed by atoms with Crippen LogP contribution < -0.4 is 9.47 Å². The van der Waals surface area contributed by atoms with Gasteiger partial charge >= 0.3 is 0 Å². The van der Waals surface area contributed by atoms with E-state index in [-0.39, 0.29) is 0 Å². The molecule has 4 aromatic carbocycles. The van der Waals surface area contributed by atoms with Crippen molar-refractivity contribution in [1.29, 1.82) is 0 Å². The molecule has 3 heteroatoms. The first-order valence-electron chi connectivity index (χ1n) is 10.9. The van der Waals surface area contributed by atoms with Crippen molar-refractivity contribution in [3.63, 3.8) is 0 Å². The van der Waals surface area contributed by atoms with Gasteiger partial charge in [-0.05, 0) is 40.8 Å². The molecular weight excluding hydrogens is 396 g/mol. The smallest absolute Gasteiger partial charge is 0.161 e. The molecular formula is C29H28O3. The van der Waals surface area contributed by atoms with Crippen LogP contribution >= 0.6 is 0 Å². The van der Waals surface area contributed by atoms with Gasteiger partial charge in [-0.25, -0.2) is 0 Å². The zero-order valence-corrected chi connectivity index (χ0v) is 18.2. The van der Waals surface area contributed by atoms with Crippen LogP contribution in [0.25, 0.3) is 0 Å². The molecule has 0 N–H and O–H groups in total. The Kier molecular flexibility index (Phi) is 7.94. The number of hydrogen-bond acceptors (Lipinski definition) is 3. The van der Waals surface area contributed by atoms with E-state index in [0.29, 0.717) is 26.4 Å². The van der Waals surface area contributed by atoms with Crippen molar-refractivity contribution in [3.8, 4) is 11.5 Å². The van der Waals surface area contributed by atoms with Gasteiger partial charge in [0.15, 0.2) is 11.5 Å². The van der Waals surface area contributed by atoms with Crippen molar-refractivity contribution in [1.82, 2.24) is 0 Å². The minimum Gasteiger partial charge on any atom is -0.485 e. The van der Waals surface area contributed by atoms with Gasteiger partial charge in [0, 0.05) is 0 Å². The number of hydrogen-bond donors (Lipinski definition) is 0. The Bertz CT molecular complexity index is 1060. The fraction of sp³-hybridized carbons (Fsp3) is 0.172. The van der Waals surface area contributed by atoms with Gasteiger partial charge in [0.2, 0.25) is 0 Å². The summed E-state index contributed by atoms with van der Waals surface area (Å²) in [5.74, 6) is 1.50. The van der Waals surface area contributed by atoms with Crippen LogP contribution in [-0.2, 0) is 31.0 Å². The average Bonchev–Trinajstić information content (AvgIpc) is 2.86. The topological polar surface area (TPSA) is 27.7 Å². The lowest BCUT2D eigenvalue weighted by molar-refractivity contribution is 0.124. The molecule has 0 saturated carbocycles. The molecule has 0 aliphatic carbocycles. The highest BCUT2D eigenvalue weighted by Crippen LogP contribution is 2.30. The predicted octanol–water partition coefficient (Wildman–Crippen LogP) is 6.60. The molecule has 0 aliphatic heterocycles. The van der Waals surface area contributed by atoms with E-state index in [9.17, 15) is 0 Å². The van der Waals surface area contributed by atoms with Gasteiger partial charge < -0.3 is 14.2 Å². The van der Waals surface area contributed by atoms with E-state index in [4.69, 9.17) is 14.2 Å². The van der Waals surface area contributed by atoms with Gasteiger partial charge in [0.05, 0.1) is 13.2 Å². The van der Waals surface area contributed by atoms with Crippen molar-refractivity contribution in [2.24, 2.45) is 0 Å². The Labute approximate surface area is 190 Å². The highest BCUT2D eigenvalue weighted by atomic mass is 16.5. The van der Waals surface area contributed by atoms with Gasteiger partial charge in [-0.1, -0.05) is 97.1 Å². The minimum absolute atomic E-state index is 0.497. The minimum atomic E-state index is 0.497. The van der Waals surface area contributed by atoms with Crippen LogP contribution in [0.5, 0.6) is 11.5 Å². The van der Waals surface area contributed by atoms with Crippen LogP contribution in [0.2, 0.25) is 0 Å². The SMILES string of the molecule is c1ccc(COCCc2ccc(OCc3ccccc3)c(OCc3ccccc3)c2)cc1. The fourth-order valence-electron chi connectivity index (χ4n) is 3.36. The van der Waals surface area contributed by atoms with Crippen LogP contribution in [0.1, 0.15) is 22.3 Å². The normalized spacial score (nSPS) is 10.6. The van der Waals surface area contributed by atoms with E-state index in [0.717, 1.165) is 34.6 Å². The second kappa shape index (κ2) is 11.7. The standard InChI is InChI=1S/C29H28O3/c1-4-10-25(11-5-1)21-30-19-18-24-16-17-28(31-22-26-12-6-2-7-13-26)29(20-24)32-23-27-14-8-3-9-15-27/h1-17,20H,18-19,21-23H2. The van der Waals surface area contributed by atoms with E-state index < -0.39 is 0 Å². The monoisotopic (exact) mass is 424 g/mol. The maximum Gasteiger partial charge on any atom is 0.161 e. The lowest BCUT2D eigenvalue weighted by atomic mass is 10.1. The first-order valence-corrected chi connectivity index (χ1v) is 10.9. The van der Waals surface area contributed by atoms with Gasteiger partial charge in [-0.15, -0.1) is 0 Å². The second-order valence-electron chi connectivity index (χ2n) is 7.62. The number of rotatable bonds is 11. The average molecular weight is 425 g/mol. The van der Waals surface area contributed by atoms with E-state index in [1.54, 1.807) is 0 Å². The van der Waals surface area contributed by atoms with Gasteiger partial charge in [-0.2, -0.15) is 0 Å². The third-order valence-electron chi connectivity index (χ3n) is 5.13. The summed E-state index contributed by atoms with van der Waals surface area (Å²) in [6.07, 6.45) is 0.813. The Morgan fingerprint density at radius 3 is 1.50 bits per heavy atom. The third kappa shape index (κ3) is 6.73. The van der Waals surface area contributed by atoms with E-state index in [2.05, 4.69) is 48.5 Å². The summed E-state index contributed by atoms with van der Waals surface area (Å²) in [6.45, 7) is 2.27. The Morgan fingerprint density at radius 2 is 0.938 bits per heavy atom. The molecule has 0 atom stereocenters. The Morgan fingerprint density at radius 1 is 0.438 bits per heavy atom. The predicted molar refractivity (Wildman–Crippen MR) is 128 cm³/mol. The fourth-order valence-corrected chi connectivity index (χ4v) is 3.36. The zero-order chi connectivity index (χ0) is 21.8. The van der Waals surface area contributed by atoms with Crippen LogP contribution in [0.4, 0.5) is 0 Å². The lowest BCUT2D eigenvalue weighted by Gasteiger charge is -2.15. The van der Waals surface area contributed by atoms with E-state index >= 15 is 0 Å². The summed E-state index contributed by atoms with van der Waals surface area (Å²) >= 11 is 0. The molecule has 3 nitrogen and oxygen atoms in total. The van der Waals surface area contributed by atoms with Crippen molar-refractivity contribution < 1.29 is 14.2 Å². The summed E-state index contributed by atoms with van der Waals surface area (Å²) in [5.41, 5.74) is 4.59. The molecule has 0 radical (unpaired) electrons. The van der Waals surface area contributed by atoms with Crippen molar-refractivity contribution >= 4 is 0 Å². The van der Waals surface area contributed by atoms with Crippen LogP contribution in [0.15, 0.2) is 109 Å². The van der Waals surface area contributed by atoms with E-state index in [1.165, 1.54) is 5.56 Å². The molecule has 0 fully saturated rings. The summed E-state index contributed by atoms with van der Waals surface area (Å²) in [6, 6.07) is 36.7. The molecule has 0 bridgehead atoms. The molecule has 0 heterocycles. The zero-order valence-electron chi connectivity index (χ0n) is 18.2. The Balaban J connectivity index is 1.39. The lowest BCUT2D eigenvalue weighted by Crippen LogP contribution is -2.03. The Hall–Kier alpha value is -3.56. The maximum atomic E-state index is 6.16. The molecule has 32 heavy (non-hydrogen) atoms. The molecule has 0 amide bonds. The molecule has 4 aromatic rings. The first kappa shape index (κ1) is 21.7. The highest BCUT2D eigenvalue weighted by Gasteiger charge is 2.09. The van der Waals surface area contributed by atoms with Crippen LogP contribution in [0.3, 0.4) is 0 Å². The number of benzene rings is 4. The summed E-state index contributed by atoms with van der Waals surface area (Å²) in [7, 11) is 0. The van der Waals surface area contributed by atoms with Gasteiger partial charge in [0.1, 0.15) is 13.2 Å². The third-order valence-corrected chi connectivity index (χ3v) is 5.13. The molecule has 0 unspecified atom stereocenters. The maximum absolute atomic E-state index is 6.16. The van der Waals surface area contributed by atoms with Gasteiger partial charge in [0.25, 0.3) is 0 Å². The second-order valence-corrected chi connectivity index (χ2v) is 7.62. The highest BCUT2D eigenvalue weighted by molar-refractivity contribution is 5.43. The molecule has 0 aromatic heterocycles. The van der Waals surface area contributed by atoms with Crippen LogP contribution in [0, 0.1) is 0 Å². The largest absolute Gasteiger partial charge is 0.485 e. The summed E-state index contributed by atoms with van der Waals surface area (Å²) < 4.78 is 18.1. The van der Waals surface area contributed by atoms with Crippen molar-refractivity contribution in [2.45, 2.75) is 26.2 Å². The van der Waals surface area contributed by atoms with Gasteiger partial charge in [-0.3, -0.25) is 0 Å². The molecule has 0 saturated heterocycles. The van der Waals surface area contributed by atoms with Crippen molar-refractivity contribution in [2.75, 3.05) is 6.61 Å². The first-order chi connectivity index (χ1) is 15.9. The van der Waals surface area contributed by atoms with E-state index in [1.807, 2.05) is 60.7 Å². The summed E-state index contributed by atoms with van der Waals surface area (Å²) in [5, 5.41) is 0. The number of ether oxygens (including phenoxy) is 3. The molecule has 162 valence electrons. The molecule has 0 spiro atoms. The molecule has 0 aliphatic rings. The van der Waals surface area contributed by atoms with Crippen LogP contribution in [-0.4, -0.2) is 6.61 Å². The molecule has 4 rings (SSSR count). The summed E-state index contributed by atoms with van der Waals surface area (Å²) in [4.78, 5) is 0. The van der Waals surface area contributed by atoms with Crippen molar-refractivity contribution in [3.05, 3.63) is 131 Å². The quantitative estimate of drug-likeness (QED) is 0.254.